The van der Waals surface area contributed by atoms with E-state index in [9.17, 15) is 0 Å². The first-order valence-electron chi connectivity index (χ1n) is 7.49. The summed E-state index contributed by atoms with van der Waals surface area (Å²) in [7, 11) is 0. The molecule has 1 aromatic carbocycles. The van der Waals surface area contributed by atoms with Gasteiger partial charge in [-0.2, -0.15) is 0 Å². The van der Waals surface area contributed by atoms with Crippen molar-refractivity contribution in [2.45, 2.75) is 51.2 Å². The first kappa shape index (κ1) is 14.7. The smallest absolute Gasteiger partial charge is 0.0670 e. The first-order valence-corrected chi connectivity index (χ1v) is 8.66. The van der Waals surface area contributed by atoms with Gasteiger partial charge in [0.05, 0.1) is 6.10 Å². The van der Waals surface area contributed by atoms with Gasteiger partial charge >= 0.3 is 0 Å². The van der Waals surface area contributed by atoms with Gasteiger partial charge in [0, 0.05) is 33.2 Å². The van der Waals surface area contributed by atoms with Gasteiger partial charge < -0.3 is 10.1 Å². The molecule has 4 heteroatoms. The van der Waals surface area contributed by atoms with E-state index in [2.05, 4.69) is 34.2 Å². The monoisotopic (exact) mass is 357 g/mol. The van der Waals surface area contributed by atoms with Gasteiger partial charge in [-0.25, -0.2) is 0 Å². The standard InChI is InChI=1S/C16H21BrClNO/c1-2-20-15-10-14(16(15)7-3-4-8-16)19-13-6-5-11(18)9-12(13)17/h5-6,9,14-15,19H,2-4,7-8,10H2,1H3. The Balaban J connectivity index is 1.74. The molecule has 2 atom stereocenters. The third kappa shape index (κ3) is 2.49. The highest BCUT2D eigenvalue weighted by Crippen LogP contribution is 2.55. The zero-order chi connectivity index (χ0) is 14.2. The van der Waals surface area contributed by atoms with Crippen LogP contribution in [0.2, 0.25) is 5.02 Å². The molecule has 1 aromatic rings. The quantitative estimate of drug-likeness (QED) is 0.793. The molecular formula is C16H21BrClNO. The van der Waals surface area contributed by atoms with Crippen molar-refractivity contribution in [1.29, 1.82) is 0 Å². The second-order valence-corrected chi connectivity index (χ2v) is 7.23. The Morgan fingerprint density at radius 1 is 1.40 bits per heavy atom. The van der Waals surface area contributed by atoms with Gasteiger partial charge in [-0.1, -0.05) is 24.4 Å². The molecule has 0 bridgehead atoms. The summed E-state index contributed by atoms with van der Waals surface area (Å²) in [5, 5.41) is 4.47. The van der Waals surface area contributed by atoms with E-state index < -0.39 is 0 Å². The van der Waals surface area contributed by atoms with Crippen molar-refractivity contribution >= 4 is 33.2 Å². The lowest BCUT2D eigenvalue weighted by molar-refractivity contribution is -0.114. The average molecular weight is 359 g/mol. The van der Waals surface area contributed by atoms with Crippen LogP contribution in [0.25, 0.3) is 0 Å². The van der Waals surface area contributed by atoms with Crippen LogP contribution in [0.3, 0.4) is 0 Å². The lowest BCUT2D eigenvalue weighted by Gasteiger charge is -2.54. The molecule has 0 aliphatic heterocycles. The number of halogens is 2. The fraction of sp³-hybridized carbons (Fsp3) is 0.625. The van der Waals surface area contributed by atoms with E-state index in [1.807, 2.05) is 12.1 Å². The molecule has 2 aliphatic rings. The van der Waals surface area contributed by atoms with Crippen molar-refractivity contribution in [3.05, 3.63) is 27.7 Å². The van der Waals surface area contributed by atoms with Gasteiger partial charge in [0.15, 0.2) is 0 Å². The van der Waals surface area contributed by atoms with Crippen LogP contribution in [-0.4, -0.2) is 18.8 Å². The van der Waals surface area contributed by atoms with E-state index in [-0.39, 0.29) is 0 Å². The maximum Gasteiger partial charge on any atom is 0.0670 e. The fourth-order valence-corrected chi connectivity index (χ4v) is 4.68. The summed E-state index contributed by atoms with van der Waals surface area (Å²) < 4.78 is 7.00. The molecule has 20 heavy (non-hydrogen) atoms. The Morgan fingerprint density at radius 3 is 2.80 bits per heavy atom. The molecular weight excluding hydrogens is 338 g/mol. The van der Waals surface area contributed by atoms with Gasteiger partial charge in [-0.3, -0.25) is 0 Å². The largest absolute Gasteiger partial charge is 0.381 e. The fourth-order valence-electron chi connectivity index (χ4n) is 3.88. The van der Waals surface area contributed by atoms with Gasteiger partial charge in [0.25, 0.3) is 0 Å². The molecule has 110 valence electrons. The van der Waals surface area contributed by atoms with Crippen molar-refractivity contribution in [2.75, 3.05) is 11.9 Å². The number of hydrogen-bond acceptors (Lipinski definition) is 2. The molecule has 0 saturated heterocycles. The minimum Gasteiger partial charge on any atom is -0.381 e. The molecule has 2 aliphatic carbocycles. The Kier molecular flexibility index (Phi) is 4.30. The Bertz CT molecular complexity index is 487. The Hall–Kier alpha value is -0.250. The van der Waals surface area contributed by atoms with Crippen molar-refractivity contribution in [1.82, 2.24) is 0 Å². The van der Waals surface area contributed by atoms with Crippen LogP contribution in [0.5, 0.6) is 0 Å². The summed E-state index contributed by atoms with van der Waals surface area (Å²) in [5.41, 5.74) is 1.50. The number of ether oxygens (including phenoxy) is 1. The van der Waals surface area contributed by atoms with Crippen LogP contribution < -0.4 is 5.32 Å². The zero-order valence-corrected chi connectivity index (χ0v) is 14.1. The van der Waals surface area contributed by atoms with Crippen molar-refractivity contribution in [3.8, 4) is 0 Å². The maximum atomic E-state index is 6.01. The minimum absolute atomic E-state index is 0.356. The highest BCUT2D eigenvalue weighted by molar-refractivity contribution is 9.10. The summed E-state index contributed by atoms with van der Waals surface area (Å²) in [6, 6.07) is 6.47. The predicted molar refractivity (Wildman–Crippen MR) is 87.5 cm³/mol. The predicted octanol–water partition coefficient (Wildman–Crippen LogP) is 5.25. The summed E-state index contributed by atoms with van der Waals surface area (Å²) in [6.45, 7) is 2.92. The molecule has 0 amide bonds. The zero-order valence-electron chi connectivity index (χ0n) is 11.8. The second kappa shape index (κ2) is 5.86. The van der Waals surface area contributed by atoms with E-state index in [1.54, 1.807) is 0 Å². The van der Waals surface area contributed by atoms with Gasteiger partial charge in [-0.05, 0) is 60.3 Å². The van der Waals surface area contributed by atoms with Crippen LogP contribution in [-0.2, 0) is 4.74 Å². The van der Waals surface area contributed by atoms with E-state index >= 15 is 0 Å². The van der Waals surface area contributed by atoms with Gasteiger partial charge in [0.1, 0.15) is 0 Å². The highest BCUT2D eigenvalue weighted by Gasteiger charge is 2.56. The van der Waals surface area contributed by atoms with E-state index in [4.69, 9.17) is 16.3 Å². The molecule has 2 saturated carbocycles. The highest BCUT2D eigenvalue weighted by atomic mass is 79.9. The molecule has 2 nitrogen and oxygen atoms in total. The SMILES string of the molecule is CCOC1CC(Nc2ccc(Cl)cc2Br)C12CCCC2. The molecule has 3 rings (SSSR count). The molecule has 0 radical (unpaired) electrons. The van der Waals surface area contributed by atoms with Gasteiger partial charge in [0.2, 0.25) is 0 Å². The van der Waals surface area contributed by atoms with Crippen LogP contribution >= 0.6 is 27.5 Å². The molecule has 2 fully saturated rings. The van der Waals surface area contributed by atoms with Crippen LogP contribution in [0.15, 0.2) is 22.7 Å². The summed E-state index contributed by atoms with van der Waals surface area (Å²) >= 11 is 9.60. The molecule has 0 heterocycles. The van der Waals surface area contributed by atoms with E-state index in [0.717, 1.165) is 28.2 Å². The topological polar surface area (TPSA) is 21.3 Å². The third-order valence-electron chi connectivity index (χ3n) is 4.95. The second-order valence-electron chi connectivity index (χ2n) is 5.94. The number of hydrogen-bond donors (Lipinski definition) is 1. The normalized spacial score (nSPS) is 27.6. The number of anilines is 1. The van der Waals surface area contributed by atoms with Crippen molar-refractivity contribution in [2.24, 2.45) is 5.41 Å². The van der Waals surface area contributed by atoms with Crippen molar-refractivity contribution in [3.63, 3.8) is 0 Å². The van der Waals surface area contributed by atoms with Crippen molar-refractivity contribution < 1.29 is 4.74 Å². The Morgan fingerprint density at radius 2 is 2.15 bits per heavy atom. The molecule has 1 N–H and O–H groups in total. The van der Waals surface area contributed by atoms with E-state index in [0.29, 0.717) is 17.6 Å². The van der Waals surface area contributed by atoms with E-state index in [1.165, 1.54) is 25.7 Å². The van der Waals surface area contributed by atoms with Gasteiger partial charge in [-0.15, -0.1) is 0 Å². The summed E-state index contributed by atoms with van der Waals surface area (Å²) in [4.78, 5) is 0. The summed E-state index contributed by atoms with van der Waals surface area (Å²) in [5.74, 6) is 0. The first-order chi connectivity index (χ1) is 9.65. The lowest BCUT2D eigenvalue weighted by Crippen LogP contribution is -2.60. The lowest BCUT2D eigenvalue weighted by atomic mass is 9.60. The number of nitrogens with one attached hydrogen (secondary N) is 1. The number of benzene rings is 1. The minimum atomic E-state index is 0.356. The van der Waals surface area contributed by atoms with Crippen LogP contribution in [0.4, 0.5) is 5.69 Å². The molecule has 0 aromatic heterocycles. The maximum absolute atomic E-state index is 6.01. The Labute approximate surface area is 134 Å². The average Bonchev–Trinajstić information content (AvgIpc) is 2.92. The third-order valence-corrected chi connectivity index (χ3v) is 5.84. The molecule has 2 unspecified atom stereocenters. The van der Waals surface area contributed by atoms with Crippen LogP contribution in [0, 0.1) is 5.41 Å². The summed E-state index contributed by atoms with van der Waals surface area (Å²) in [6.07, 6.45) is 6.82. The molecule has 1 spiro atoms. The van der Waals surface area contributed by atoms with Crippen LogP contribution in [0.1, 0.15) is 39.0 Å². The number of rotatable bonds is 4.